The molecule has 0 radical (unpaired) electrons. The van der Waals surface area contributed by atoms with Crippen LogP contribution < -0.4 is 4.74 Å². The molecule has 1 fully saturated rings. The Bertz CT molecular complexity index is 1760. The number of piperidine rings is 1. The largest absolute Gasteiger partial charge is 0.496 e. The topological polar surface area (TPSA) is 112 Å². The fourth-order valence-electron chi connectivity index (χ4n) is 6.06. The normalized spacial score (nSPS) is 16.5. The number of rotatable bonds is 4. The quantitative estimate of drug-likeness (QED) is 0.244. The molecule has 0 saturated carbocycles. The van der Waals surface area contributed by atoms with Crippen LogP contribution in [-0.2, 0) is 9.47 Å². The van der Waals surface area contributed by atoms with Gasteiger partial charge >= 0.3 is 12.2 Å². The van der Waals surface area contributed by atoms with Gasteiger partial charge < -0.3 is 19.1 Å². The van der Waals surface area contributed by atoms with E-state index in [9.17, 15) is 14.9 Å². The van der Waals surface area contributed by atoms with Crippen molar-refractivity contribution in [1.29, 1.82) is 5.26 Å². The summed E-state index contributed by atoms with van der Waals surface area (Å²) in [7, 11) is 1.64. The fourth-order valence-corrected chi connectivity index (χ4v) is 6.06. The Hall–Kier alpha value is -4.52. The minimum atomic E-state index is -0.663. The Morgan fingerprint density at radius 1 is 1.05 bits per heavy atom. The predicted octanol–water partition coefficient (Wildman–Crippen LogP) is 7.20. The molecular formula is C34H41N5O5. The minimum absolute atomic E-state index is 0.0642. The van der Waals surface area contributed by atoms with E-state index in [0.717, 1.165) is 40.3 Å². The SMILES string of the molecule is COc1cc(C)c2c(ccn2C(=O)OC(C)(C)C)c1C(C1CCCN(C(=O)OC(C)(C)C)C1)n1cc2ccc(C#N)cc2n1. The van der Waals surface area contributed by atoms with Gasteiger partial charge in [-0.1, -0.05) is 0 Å². The number of fused-ring (bicyclic) bond motifs is 2. The van der Waals surface area contributed by atoms with Crippen molar-refractivity contribution in [3.8, 4) is 11.8 Å². The molecule has 10 heteroatoms. The summed E-state index contributed by atoms with van der Waals surface area (Å²) >= 11 is 0. The predicted molar refractivity (Wildman–Crippen MR) is 168 cm³/mol. The lowest BCUT2D eigenvalue weighted by Crippen LogP contribution is -2.45. The van der Waals surface area contributed by atoms with Crippen LogP contribution in [0.1, 0.15) is 77.1 Å². The summed E-state index contributed by atoms with van der Waals surface area (Å²) in [5.41, 5.74) is 2.39. The van der Waals surface area contributed by atoms with Crippen molar-refractivity contribution in [2.45, 2.75) is 78.6 Å². The third-order valence-corrected chi connectivity index (χ3v) is 7.76. The molecule has 2 atom stereocenters. The van der Waals surface area contributed by atoms with Crippen LogP contribution in [0.4, 0.5) is 9.59 Å². The van der Waals surface area contributed by atoms with Crippen LogP contribution in [0.15, 0.2) is 42.7 Å². The highest BCUT2D eigenvalue weighted by molar-refractivity contribution is 5.95. The maximum atomic E-state index is 13.3. The van der Waals surface area contributed by atoms with E-state index in [2.05, 4.69) is 6.07 Å². The van der Waals surface area contributed by atoms with Crippen molar-refractivity contribution in [3.63, 3.8) is 0 Å². The zero-order chi connectivity index (χ0) is 32.0. The number of ether oxygens (including phenoxy) is 3. The smallest absolute Gasteiger partial charge is 0.419 e. The van der Waals surface area contributed by atoms with E-state index < -0.39 is 17.3 Å². The van der Waals surface area contributed by atoms with E-state index in [1.54, 1.807) is 34.9 Å². The number of aromatic nitrogens is 3. The highest BCUT2D eigenvalue weighted by Crippen LogP contribution is 2.43. The maximum absolute atomic E-state index is 13.3. The first-order valence-electron chi connectivity index (χ1n) is 15.0. The standard InChI is InChI=1S/C34H41N5O5/c1-21-16-27(42-8)28(25-13-15-38(29(21)25)32(41)44-34(5,6)7)30(39-20-23-12-11-22(18-35)17-26(23)36-39)24-10-9-14-37(19-24)31(40)43-33(2,3)4/h11-13,15-17,20,24,30H,9-10,14,19H2,1-8H3. The molecule has 1 aliphatic rings. The summed E-state index contributed by atoms with van der Waals surface area (Å²) in [5, 5.41) is 16.2. The first-order chi connectivity index (χ1) is 20.7. The molecule has 0 bridgehead atoms. The Labute approximate surface area is 258 Å². The number of nitriles is 1. The lowest BCUT2D eigenvalue weighted by Gasteiger charge is -2.38. The van der Waals surface area contributed by atoms with Crippen LogP contribution in [0.3, 0.4) is 0 Å². The molecule has 2 unspecified atom stereocenters. The molecule has 5 rings (SSSR count). The van der Waals surface area contributed by atoms with Crippen molar-refractivity contribution in [3.05, 3.63) is 59.4 Å². The molecule has 3 heterocycles. The second-order valence-corrected chi connectivity index (χ2v) is 13.5. The molecule has 1 saturated heterocycles. The maximum Gasteiger partial charge on any atom is 0.419 e. The molecule has 10 nitrogen and oxygen atoms in total. The Morgan fingerprint density at radius 3 is 2.41 bits per heavy atom. The van der Waals surface area contributed by atoms with Crippen molar-refractivity contribution in [2.24, 2.45) is 5.92 Å². The average Bonchev–Trinajstić information content (AvgIpc) is 3.57. The monoisotopic (exact) mass is 599 g/mol. The summed E-state index contributed by atoms with van der Waals surface area (Å²) in [6.07, 6.45) is 4.51. The summed E-state index contributed by atoms with van der Waals surface area (Å²) in [6, 6.07) is 11.1. The lowest BCUT2D eigenvalue weighted by atomic mass is 9.84. The molecule has 44 heavy (non-hydrogen) atoms. The Morgan fingerprint density at radius 2 is 1.75 bits per heavy atom. The van der Waals surface area contributed by atoms with Gasteiger partial charge in [-0.15, -0.1) is 0 Å². The number of likely N-dealkylation sites (tertiary alicyclic amines) is 1. The lowest BCUT2D eigenvalue weighted by molar-refractivity contribution is 0.0141. The fraction of sp³-hybridized carbons (Fsp3) is 0.471. The van der Waals surface area contributed by atoms with Gasteiger partial charge in [-0.05, 0) is 97.2 Å². The van der Waals surface area contributed by atoms with E-state index in [1.807, 2.05) is 77.5 Å². The van der Waals surface area contributed by atoms with Gasteiger partial charge in [-0.25, -0.2) is 9.59 Å². The number of carbonyl (C=O) groups excluding carboxylic acids is 2. The summed E-state index contributed by atoms with van der Waals surface area (Å²) < 4.78 is 21.0. The molecule has 2 aromatic heterocycles. The van der Waals surface area contributed by atoms with E-state index in [-0.39, 0.29) is 18.1 Å². The molecule has 1 amide bonds. The zero-order valence-corrected chi connectivity index (χ0v) is 26.8. The number of hydrogen-bond donors (Lipinski definition) is 0. The van der Waals surface area contributed by atoms with Gasteiger partial charge in [0, 0.05) is 47.7 Å². The highest BCUT2D eigenvalue weighted by atomic mass is 16.6. The number of nitrogens with zero attached hydrogens (tertiary/aromatic N) is 5. The molecule has 0 aliphatic carbocycles. The van der Waals surface area contributed by atoms with Gasteiger partial charge in [0.1, 0.15) is 17.0 Å². The van der Waals surface area contributed by atoms with Crippen LogP contribution in [0.5, 0.6) is 5.75 Å². The van der Waals surface area contributed by atoms with E-state index in [1.165, 1.54) is 0 Å². The van der Waals surface area contributed by atoms with Gasteiger partial charge in [0.2, 0.25) is 0 Å². The molecule has 232 valence electrons. The second-order valence-electron chi connectivity index (χ2n) is 13.5. The molecule has 1 aliphatic heterocycles. The van der Waals surface area contributed by atoms with E-state index >= 15 is 0 Å². The highest BCUT2D eigenvalue weighted by Gasteiger charge is 2.37. The molecule has 0 N–H and O–H groups in total. The van der Waals surface area contributed by atoms with Gasteiger partial charge in [-0.2, -0.15) is 10.4 Å². The second kappa shape index (κ2) is 11.5. The zero-order valence-electron chi connectivity index (χ0n) is 26.8. The minimum Gasteiger partial charge on any atom is -0.496 e. The number of hydrogen-bond acceptors (Lipinski definition) is 7. The van der Waals surface area contributed by atoms with Crippen LogP contribution in [-0.4, -0.2) is 62.8 Å². The molecule has 2 aromatic carbocycles. The third kappa shape index (κ3) is 6.23. The number of amides is 1. The van der Waals surface area contributed by atoms with Crippen molar-refractivity contribution in [1.82, 2.24) is 19.2 Å². The third-order valence-electron chi connectivity index (χ3n) is 7.76. The first kappa shape index (κ1) is 30.9. The van der Waals surface area contributed by atoms with Gasteiger partial charge in [0.05, 0.1) is 35.8 Å². The van der Waals surface area contributed by atoms with Crippen LogP contribution in [0.2, 0.25) is 0 Å². The molecule has 4 aromatic rings. The van der Waals surface area contributed by atoms with Gasteiger partial charge in [-0.3, -0.25) is 9.25 Å². The average molecular weight is 600 g/mol. The van der Waals surface area contributed by atoms with Crippen LogP contribution >= 0.6 is 0 Å². The Kier molecular flexibility index (Phi) is 8.10. The number of aryl methyl sites for hydroxylation is 1. The first-order valence-corrected chi connectivity index (χ1v) is 15.0. The van der Waals surface area contributed by atoms with E-state index in [4.69, 9.17) is 19.3 Å². The molecular weight excluding hydrogens is 558 g/mol. The summed E-state index contributed by atoms with van der Waals surface area (Å²) in [5.74, 6) is 0.597. The van der Waals surface area contributed by atoms with Crippen LogP contribution in [0, 0.1) is 24.2 Å². The van der Waals surface area contributed by atoms with Crippen molar-refractivity contribution >= 4 is 34.0 Å². The summed E-state index contributed by atoms with van der Waals surface area (Å²) in [6.45, 7) is 14.1. The number of benzene rings is 2. The Balaban J connectivity index is 1.70. The summed E-state index contributed by atoms with van der Waals surface area (Å²) in [4.78, 5) is 28.3. The number of carbonyl (C=O) groups is 2. The van der Waals surface area contributed by atoms with Gasteiger partial charge in [0.15, 0.2) is 0 Å². The molecule has 0 spiro atoms. The van der Waals surface area contributed by atoms with Crippen molar-refractivity contribution in [2.75, 3.05) is 20.2 Å². The van der Waals surface area contributed by atoms with Crippen LogP contribution in [0.25, 0.3) is 21.8 Å². The van der Waals surface area contributed by atoms with Crippen molar-refractivity contribution < 1.29 is 23.8 Å². The number of methoxy groups -OCH3 is 1. The van der Waals surface area contributed by atoms with E-state index in [0.29, 0.717) is 29.9 Å². The van der Waals surface area contributed by atoms with Gasteiger partial charge in [0.25, 0.3) is 0 Å².